The summed E-state index contributed by atoms with van der Waals surface area (Å²) < 4.78 is 33.9. The predicted octanol–water partition coefficient (Wildman–Crippen LogP) is 5.89. The monoisotopic (exact) mass is 492 g/mol. The Labute approximate surface area is 186 Å². The van der Waals surface area contributed by atoms with Crippen LogP contribution in [0.4, 0.5) is 0 Å². The van der Waals surface area contributed by atoms with Crippen molar-refractivity contribution in [1.29, 1.82) is 0 Å². The number of hydrogen-bond donors (Lipinski definition) is 3. The minimum atomic E-state index is -5.20. The lowest BCUT2D eigenvalue weighted by molar-refractivity contribution is 0.416. The minimum Gasteiger partial charge on any atom is -0.507 e. The molecule has 0 aliphatic rings. The van der Waals surface area contributed by atoms with Crippen molar-refractivity contribution >= 4 is 56.5 Å². The summed E-state index contributed by atoms with van der Waals surface area (Å²) in [5.74, 6) is -1.59. The number of phenols is 2. The lowest BCUT2D eigenvalue weighted by Crippen LogP contribution is -2.39. The van der Waals surface area contributed by atoms with Crippen LogP contribution in [0.2, 0.25) is 20.1 Å². The Morgan fingerprint density at radius 3 is 1.83 bits per heavy atom. The summed E-state index contributed by atoms with van der Waals surface area (Å²) in [4.78, 5) is 0. The summed E-state index contributed by atoms with van der Waals surface area (Å²) in [6, 6.07) is 12.5. The molecule has 0 aliphatic heterocycles. The van der Waals surface area contributed by atoms with Crippen molar-refractivity contribution < 1.29 is 23.2 Å². The maximum atomic E-state index is 13.0. The van der Waals surface area contributed by atoms with Crippen LogP contribution in [0.1, 0.15) is 16.7 Å². The van der Waals surface area contributed by atoms with Gasteiger partial charge in [-0.3, -0.25) is 4.55 Å². The van der Waals surface area contributed by atoms with Gasteiger partial charge in [0.2, 0.25) is 0 Å². The first kappa shape index (κ1) is 22.0. The number of aromatic hydroxyl groups is 2. The second kappa shape index (κ2) is 7.87. The van der Waals surface area contributed by atoms with Crippen LogP contribution in [0, 0.1) is 0 Å². The van der Waals surface area contributed by atoms with Gasteiger partial charge in [0.1, 0.15) is 16.5 Å². The van der Waals surface area contributed by atoms with E-state index in [0.717, 1.165) is 6.07 Å². The average molecular weight is 494 g/mol. The minimum absolute atomic E-state index is 0.0542. The van der Waals surface area contributed by atoms with Crippen molar-refractivity contribution in [2.45, 2.75) is 4.75 Å². The quantitative estimate of drug-likeness (QED) is 0.311. The Kier molecular flexibility index (Phi) is 5.98. The van der Waals surface area contributed by atoms with Gasteiger partial charge in [0, 0.05) is 21.7 Å². The first-order chi connectivity index (χ1) is 13.5. The van der Waals surface area contributed by atoms with E-state index in [9.17, 15) is 23.2 Å². The summed E-state index contributed by atoms with van der Waals surface area (Å²) in [7, 11) is -5.20. The Morgan fingerprint density at radius 2 is 1.31 bits per heavy atom. The molecule has 0 spiro atoms. The lowest BCUT2D eigenvalue weighted by atomic mass is 9.82. The van der Waals surface area contributed by atoms with Crippen LogP contribution in [0.25, 0.3) is 0 Å². The van der Waals surface area contributed by atoms with Crippen LogP contribution in [-0.4, -0.2) is 23.2 Å². The maximum Gasteiger partial charge on any atom is 0.283 e. The van der Waals surface area contributed by atoms with Gasteiger partial charge in [0.25, 0.3) is 10.1 Å². The summed E-state index contributed by atoms with van der Waals surface area (Å²) in [6.07, 6.45) is 0. The molecule has 0 aliphatic carbocycles. The molecule has 3 N–H and O–H groups in total. The van der Waals surface area contributed by atoms with Crippen molar-refractivity contribution in [2.75, 3.05) is 0 Å². The molecule has 0 fully saturated rings. The summed E-state index contributed by atoms with van der Waals surface area (Å²) in [5.41, 5.74) is -0.974. The van der Waals surface area contributed by atoms with E-state index in [4.69, 9.17) is 46.4 Å². The zero-order chi connectivity index (χ0) is 21.6. The highest BCUT2D eigenvalue weighted by Gasteiger charge is 2.54. The zero-order valence-electron chi connectivity index (χ0n) is 14.3. The van der Waals surface area contributed by atoms with Crippen molar-refractivity contribution in [2.24, 2.45) is 0 Å². The van der Waals surface area contributed by atoms with Crippen LogP contribution >= 0.6 is 46.4 Å². The smallest absolute Gasteiger partial charge is 0.283 e. The van der Waals surface area contributed by atoms with Crippen LogP contribution in [0.3, 0.4) is 0 Å². The fourth-order valence-corrected chi connectivity index (χ4v) is 5.78. The highest BCUT2D eigenvalue weighted by Crippen LogP contribution is 2.56. The third-order valence-corrected chi connectivity index (χ3v) is 7.23. The molecule has 0 aromatic heterocycles. The largest absolute Gasteiger partial charge is 0.507 e. The Balaban J connectivity index is 2.70. The van der Waals surface area contributed by atoms with E-state index in [-0.39, 0.29) is 26.2 Å². The van der Waals surface area contributed by atoms with Gasteiger partial charge >= 0.3 is 0 Å². The van der Waals surface area contributed by atoms with Crippen molar-refractivity contribution in [1.82, 2.24) is 0 Å². The molecule has 0 bridgehead atoms. The van der Waals surface area contributed by atoms with E-state index in [1.54, 1.807) is 6.07 Å². The van der Waals surface area contributed by atoms with Gasteiger partial charge in [-0.2, -0.15) is 8.42 Å². The standard InChI is InChI=1S/C19H12Cl4O5S/c20-11-7-4-8-12(21)15(11)19(29(26,27)28,10-5-2-1-3-6-10)16-14(24)9-13(22)17(23)18(16)25/h1-9,24-25H,(H,26,27,28). The van der Waals surface area contributed by atoms with E-state index in [0.29, 0.717) is 0 Å². The number of benzene rings is 3. The molecule has 3 aromatic rings. The van der Waals surface area contributed by atoms with Crippen molar-refractivity contribution in [3.63, 3.8) is 0 Å². The van der Waals surface area contributed by atoms with Gasteiger partial charge < -0.3 is 10.2 Å². The maximum absolute atomic E-state index is 13.0. The number of hydrogen-bond acceptors (Lipinski definition) is 4. The zero-order valence-corrected chi connectivity index (χ0v) is 18.1. The molecule has 152 valence electrons. The van der Waals surface area contributed by atoms with E-state index in [1.807, 2.05) is 0 Å². The molecule has 10 heteroatoms. The molecule has 0 saturated heterocycles. The number of halogens is 4. The SMILES string of the molecule is O=S(=O)(O)C(c1ccccc1)(c1c(Cl)cccc1Cl)c1c(O)cc(Cl)c(Cl)c1O. The first-order valence-corrected chi connectivity index (χ1v) is 10.9. The fourth-order valence-electron chi connectivity index (χ4n) is 3.27. The van der Waals surface area contributed by atoms with E-state index < -0.39 is 37.0 Å². The van der Waals surface area contributed by atoms with Gasteiger partial charge in [0.05, 0.1) is 10.6 Å². The second-order valence-electron chi connectivity index (χ2n) is 6.03. The van der Waals surface area contributed by atoms with Gasteiger partial charge in [-0.1, -0.05) is 82.8 Å². The van der Waals surface area contributed by atoms with Crippen LogP contribution in [0.15, 0.2) is 54.6 Å². The Bertz CT molecular complexity index is 1180. The third kappa shape index (κ3) is 3.44. The van der Waals surface area contributed by atoms with E-state index in [1.165, 1.54) is 42.5 Å². The number of rotatable bonds is 4. The number of phenolic OH excluding ortho intramolecular Hbond substituents is 2. The highest BCUT2D eigenvalue weighted by atomic mass is 35.5. The normalized spacial score (nSPS) is 13.8. The second-order valence-corrected chi connectivity index (χ2v) is 9.20. The van der Waals surface area contributed by atoms with Crippen LogP contribution in [0.5, 0.6) is 11.5 Å². The molecule has 0 heterocycles. The van der Waals surface area contributed by atoms with Gasteiger partial charge in [-0.05, 0) is 17.7 Å². The molecular formula is C19H12Cl4O5S. The summed E-state index contributed by atoms with van der Waals surface area (Å²) in [5, 5.41) is 20.4. The third-order valence-electron chi connectivity index (χ3n) is 4.41. The fraction of sp³-hybridized carbons (Fsp3) is 0.0526. The molecule has 3 rings (SSSR count). The molecule has 29 heavy (non-hydrogen) atoms. The summed E-state index contributed by atoms with van der Waals surface area (Å²) in [6.45, 7) is 0. The highest BCUT2D eigenvalue weighted by molar-refractivity contribution is 7.87. The van der Waals surface area contributed by atoms with Crippen LogP contribution in [-0.2, 0) is 14.9 Å². The van der Waals surface area contributed by atoms with Gasteiger partial charge in [-0.25, -0.2) is 0 Å². The average Bonchev–Trinajstić information content (AvgIpc) is 2.64. The lowest BCUT2D eigenvalue weighted by Gasteiger charge is -2.34. The molecule has 0 saturated carbocycles. The first-order valence-electron chi connectivity index (χ1n) is 7.91. The Morgan fingerprint density at radius 1 is 0.759 bits per heavy atom. The topological polar surface area (TPSA) is 94.8 Å². The van der Waals surface area contributed by atoms with Gasteiger partial charge in [-0.15, -0.1) is 0 Å². The van der Waals surface area contributed by atoms with E-state index in [2.05, 4.69) is 0 Å². The van der Waals surface area contributed by atoms with Gasteiger partial charge in [0.15, 0.2) is 4.75 Å². The summed E-state index contributed by atoms with van der Waals surface area (Å²) >= 11 is 24.6. The molecule has 1 atom stereocenters. The molecule has 3 aromatic carbocycles. The molecule has 5 nitrogen and oxygen atoms in total. The molecule has 1 unspecified atom stereocenters. The Hall–Kier alpha value is -1.67. The molecular weight excluding hydrogens is 482 g/mol. The molecule has 0 radical (unpaired) electrons. The van der Waals surface area contributed by atoms with E-state index >= 15 is 0 Å². The van der Waals surface area contributed by atoms with Crippen molar-refractivity contribution in [3.05, 3.63) is 91.4 Å². The predicted molar refractivity (Wildman–Crippen MR) is 114 cm³/mol. The molecule has 0 amide bonds. The van der Waals surface area contributed by atoms with Crippen molar-refractivity contribution in [3.8, 4) is 11.5 Å². The van der Waals surface area contributed by atoms with Crippen LogP contribution < -0.4 is 0 Å².